The zero-order valence-electron chi connectivity index (χ0n) is 20.2. The number of aryl methyl sites for hydroxylation is 1. The molecular weight excluding hydrogens is 394 g/mol. The average Bonchev–Trinajstić information content (AvgIpc) is 2.63. The van der Waals surface area contributed by atoms with Gasteiger partial charge in [0, 0.05) is 12.6 Å². The number of carbonyl (C=O) groups excluding carboxylic acids is 3. The van der Waals surface area contributed by atoms with Crippen molar-refractivity contribution in [2.24, 2.45) is 0 Å². The van der Waals surface area contributed by atoms with E-state index in [2.05, 4.69) is 17.6 Å². The Hall–Kier alpha value is -2.57. The van der Waals surface area contributed by atoms with Crippen molar-refractivity contribution in [3.8, 4) is 0 Å². The molecule has 0 aliphatic heterocycles. The summed E-state index contributed by atoms with van der Waals surface area (Å²) in [5.74, 6) is -0.580. The summed E-state index contributed by atoms with van der Waals surface area (Å²) in [6.07, 6.45) is 1.15. The van der Waals surface area contributed by atoms with Gasteiger partial charge in [-0.25, -0.2) is 4.79 Å². The second kappa shape index (κ2) is 11.7. The first-order chi connectivity index (χ1) is 14.4. The molecule has 0 spiro atoms. The van der Waals surface area contributed by atoms with E-state index in [1.54, 1.807) is 27.7 Å². The number of hydrogen-bond acceptors (Lipinski definition) is 4. The zero-order valence-corrected chi connectivity index (χ0v) is 20.2. The highest BCUT2D eigenvalue weighted by atomic mass is 16.6. The van der Waals surface area contributed by atoms with Crippen LogP contribution >= 0.6 is 0 Å². The van der Waals surface area contributed by atoms with Gasteiger partial charge in [-0.2, -0.15) is 0 Å². The first-order valence-electron chi connectivity index (χ1n) is 11.0. The summed E-state index contributed by atoms with van der Waals surface area (Å²) in [7, 11) is 0. The number of hydrogen-bond donors (Lipinski definition) is 2. The Bertz CT molecular complexity index is 755. The monoisotopic (exact) mass is 433 g/mol. The average molecular weight is 434 g/mol. The van der Waals surface area contributed by atoms with Crippen LogP contribution in [0.2, 0.25) is 0 Å². The summed E-state index contributed by atoms with van der Waals surface area (Å²) in [5.41, 5.74) is 1.06. The van der Waals surface area contributed by atoms with Crippen LogP contribution in [0.1, 0.15) is 78.5 Å². The molecule has 0 saturated heterocycles. The highest BCUT2D eigenvalue weighted by Gasteiger charge is 2.36. The lowest BCUT2D eigenvalue weighted by Gasteiger charge is -2.36. The van der Waals surface area contributed by atoms with Gasteiger partial charge in [-0.05, 0) is 60.5 Å². The largest absolute Gasteiger partial charge is 0.444 e. The third kappa shape index (κ3) is 8.59. The molecule has 1 aromatic carbocycles. The van der Waals surface area contributed by atoms with E-state index in [4.69, 9.17) is 4.74 Å². The van der Waals surface area contributed by atoms with Gasteiger partial charge in [-0.15, -0.1) is 0 Å². The molecule has 7 heteroatoms. The standard InChI is InChI=1S/C24H39N3O4/c1-9-10-14-25-21(28)20(19-13-11-12-17(4)15-19)27(16(2)3)22(29)18(5)26-23(30)31-24(6,7)8/h11-13,15-16,18,20H,9-10,14H2,1-8H3,(H,25,28)(H,26,30). The molecule has 1 rings (SSSR count). The zero-order chi connectivity index (χ0) is 23.8. The molecule has 7 nitrogen and oxygen atoms in total. The van der Waals surface area contributed by atoms with Crippen LogP contribution in [0, 0.1) is 6.92 Å². The molecule has 1 aromatic rings. The minimum Gasteiger partial charge on any atom is -0.444 e. The maximum atomic E-state index is 13.4. The molecule has 0 saturated carbocycles. The van der Waals surface area contributed by atoms with Gasteiger partial charge in [0.1, 0.15) is 17.7 Å². The van der Waals surface area contributed by atoms with Gasteiger partial charge < -0.3 is 20.3 Å². The third-order valence-electron chi connectivity index (χ3n) is 4.63. The number of nitrogens with one attached hydrogen (secondary N) is 2. The van der Waals surface area contributed by atoms with Crippen molar-refractivity contribution >= 4 is 17.9 Å². The smallest absolute Gasteiger partial charge is 0.408 e. The van der Waals surface area contributed by atoms with Crippen molar-refractivity contribution in [1.29, 1.82) is 0 Å². The van der Waals surface area contributed by atoms with Crippen molar-refractivity contribution in [3.63, 3.8) is 0 Å². The van der Waals surface area contributed by atoms with Crippen LogP contribution in [0.4, 0.5) is 4.79 Å². The third-order valence-corrected chi connectivity index (χ3v) is 4.63. The highest BCUT2D eigenvalue weighted by molar-refractivity contribution is 5.92. The van der Waals surface area contributed by atoms with Crippen LogP contribution in [0.5, 0.6) is 0 Å². The number of benzene rings is 1. The van der Waals surface area contributed by atoms with Gasteiger partial charge in [0.25, 0.3) is 0 Å². The summed E-state index contributed by atoms with van der Waals surface area (Å²) in [6.45, 7) is 15.1. The second-order valence-electron chi connectivity index (χ2n) is 9.17. The molecule has 0 aliphatic rings. The van der Waals surface area contributed by atoms with Crippen LogP contribution in [0.3, 0.4) is 0 Å². The van der Waals surface area contributed by atoms with E-state index in [9.17, 15) is 14.4 Å². The maximum Gasteiger partial charge on any atom is 0.408 e. The van der Waals surface area contributed by atoms with Gasteiger partial charge in [0.2, 0.25) is 11.8 Å². The minimum atomic E-state index is -0.854. The molecule has 0 heterocycles. The maximum absolute atomic E-state index is 13.4. The fourth-order valence-electron chi connectivity index (χ4n) is 3.21. The molecule has 0 radical (unpaired) electrons. The number of rotatable bonds is 9. The van der Waals surface area contributed by atoms with E-state index >= 15 is 0 Å². The molecule has 174 valence electrons. The van der Waals surface area contributed by atoms with Gasteiger partial charge in [0.15, 0.2) is 0 Å². The molecular formula is C24H39N3O4. The molecule has 0 fully saturated rings. The lowest BCUT2D eigenvalue weighted by Crippen LogP contribution is -2.54. The second-order valence-corrected chi connectivity index (χ2v) is 9.17. The lowest BCUT2D eigenvalue weighted by atomic mass is 9.99. The summed E-state index contributed by atoms with van der Waals surface area (Å²) < 4.78 is 5.27. The number of unbranched alkanes of at least 4 members (excludes halogenated alkanes) is 1. The molecule has 3 amide bonds. The molecule has 0 bridgehead atoms. The van der Waals surface area contributed by atoms with E-state index in [0.29, 0.717) is 6.54 Å². The van der Waals surface area contributed by atoms with Gasteiger partial charge in [-0.1, -0.05) is 43.2 Å². The summed E-state index contributed by atoms with van der Waals surface area (Å²) >= 11 is 0. The van der Waals surface area contributed by atoms with Crippen LogP contribution in [0.25, 0.3) is 0 Å². The number of carbonyl (C=O) groups is 3. The van der Waals surface area contributed by atoms with Crippen molar-refractivity contribution < 1.29 is 19.1 Å². The number of alkyl carbamates (subject to hydrolysis) is 1. The Morgan fingerprint density at radius 1 is 1.13 bits per heavy atom. The van der Waals surface area contributed by atoms with E-state index in [-0.39, 0.29) is 17.9 Å². The van der Waals surface area contributed by atoms with E-state index in [0.717, 1.165) is 24.0 Å². The SMILES string of the molecule is CCCCNC(=O)C(c1cccc(C)c1)N(C(=O)C(C)NC(=O)OC(C)(C)C)C(C)C. The quantitative estimate of drug-likeness (QED) is 0.574. The van der Waals surface area contributed by atoms with E-state index in [1.165, 1.54) is 4.90 Å². The molecule has 2 atom stereocenters. The molecule has 2 unspecified atom stereocenters. The predicted molar refractivity (Wildman–Crippen MR) is 123 cm³/mol. The lowest BCUT2D eigenvalue weighted by molar-refractivity contribution is -0.144. The summed E-state index contributed by atoms with van der Waals surface area (Å²) in [4.78, 5) is 40.3. The van der Waals surface area contributed by atoms with Crippen LogP contribution in [-0.4, -0.2) is 47.0 Å². The molecule has 0 aromatic heterocycles. The van der Waals surface area contributed by atoms with Gasteiger partial charge in [-0.3, -0.25) is 9.59 Å². The van der Waals surface area contributed by atoms with Crippen molar-refractivity contribution in [2.75, 3.05) is 6.54 Å². The van der Waals surface area contributed by atoms with Crippen LogP contribution in [-0.2, 0) is 14.3 Å². The fraction of sp³-hybridized carbons (Fsp3) is 0.625. The number of ether oxygens (including phenoxy) is 1. The van der Waals surface area contributed by atoms with Gasteiger partial charge in [0.05, 0.1) is 0 Å². The fourth-order valence-corrected chi connectivity index (χ4v) is 3.21. The Kier molecular flexibility index (Phi) is 10.0. The summed E-state index contributed by atoms with van der Waals surface area (Å²) in [6, 6.07) is 5.68. The van der Waals surface area contributed by atoms with Crippen molar-refractivity contribution in [1.82, 2.24) is 15.5 Å². The van der Waals surface area contributed by atoms with Crippen LogP contribution < -0.4 is 10.6 Å². The minimum absolute atomic E-state index is 0.231. The predicted octanol–water partition coefficient (Wildman–Crippen LogP) is 4.10. The van der Waals surface area contributed by atoms with Crippen molar-refractivity contribution in [3.05, 3.63) is 35.4 Å². The Balaban J connectivity index is 3.21. The van der Waals surface area contributed by atoms with Crippen molar-refractivity contribution in [2.45, 2.75) is 92.0 Å². The van der Waals surface area contributed by atoms with E-state index < -0.39 is 23.8 Å². The highest BCUT2D eigenvalue weighted by Crippen LogP contribution is 2.25. The normalized spacial score (nSPS) is 13.3. The first-order valence-corrected chi connectivity index (χ1v) is 11.0. The van der Waals surface area contributed by atoms with Gasteiger partial charge >= 0.3 is 6.09 Å². The summed E-state index contributed by atoms with van der Waals surface area (Å²) in [5, 5.41) is 5.55. The Labute approximate surface area is 186 Å². The molecule has 31 heavy (non-hydrogen) atoms. The Morgan fingerprint density at radius 2 is 1.77 bits per heavy atom. The number of nitrogens with zero attached hydrogens (tertiary/aromatic N) is 1. The van der Waals surface area contributed by atoms with Crippen LogP contribution in [0.15, 0.2) is 24.3 Å². The Morgan fingerprint density at radius 3 is 2.29 bits per heavy atom. The molecule has 2 N–H and O–H groups in total. The number of amides is 3. The van der Waals surface area contributed by atoms with E-state index in [1.807, 2.05) is 45.0 Å². The first kappa shape index (κ1) is 26.5. The topological polar surface area (TPSA) is 87.7 Å². The molecule has 0 aliphatic carbocycles.